The number of hydrogen-bond donors (Lipinski definition) is 0. The first-order valence-electron chi connectivity index (χ1n) is 8.36. The number of carbonyl (C=O) groups excluding carboxylic acids is 1. The molecule has 1 aliphatic heterocycles. The molecule has 1 amide bonds. The molecule has 3 aromatic rings. The molecule has 6 heteroatoms. The van der Waals surface area contributed by atoms with Crippen LogP contribution in [0.25, 0.3) is 10.6 Å². The molecular formula is C19H19N3O2S. The minimum Gasteiger partial charge on any atom is -0.355 e. The molecule has 3 heterocycles. The van der Waals surface area contributed by atoms with Gasteiger partial charge in [-0.2, -0.15) is 0 Å². The number of rotatable bonds is 4. The Morgan fingerprint density at radius 1 is 1.08 bits per heavy atom. The molecular weight excluding hydrogens is 334 g/mol. The number of benzene rings is 1. The standard InChI is InChI=1S/C19H19N3O2S/c23-19(16-13-17(24-20-16)18-7-4-12-25-18)22-10-8-21(9-11-22)14-15-5-2-1-3-6-15/h1-7,12-13H,8-11,14H2. The first-order chi connectivity index (χ1) is 12.3. The van der Waals surface area contributed by atoms with Gasteiger partial charge in [-0.1, -0.05) is 41.6 Å². The molecule has 0 saturated carbocycles. The van der Waals surface area contributed by atoms with Crippen LogP contribution < -0.4 is 0 Å². The largest absolute Gasteiger partial charge is 0.355 e. The van der Waals surface area contributed by atoms with E-state index in [2.05, 4.69) is 34.3 Å². The van der Waals surface area contributed by atoms with Gasteiger partial charge in [-0.3, -0.25) is 9.69 Å². The van der Waals surface area contributed by atoms with Gasteiger partial charge in [0.15, 0.2) is 11.5 Å². The van der Waals surface area contributed by atoms with Crippen LogP contribution in [-0.4, -0.2) is 47.0 Å². The van der Waals surface area contributed by atoms with Crippen LogP contribution in [0.1, 0.15) is 16.1 Å². The maximum Gasteiger partial charge on any atom is 0.276 e. The lowest BCUT2D eigenvalue weighted by molar-refractivity contribution is 0.0618. The fourth-order valence-electron chi connectivity index (χ4n) is 3.02. The lowest BCUT2D eigenvalue weighted by atomic mass is 10.2. The summed E-state index contributed by atoms with van der Waals surface area (Å²) < 4.78 is 5.32. The van der Waals surface area contributed by atoms with Crippen molar-refractivity contribution in [2.45, 2.75) is 6.54 Å². The molecule has 1 fully saturated rings. The molecule has 0 radical (unpaired) electrons. The second kappa shape index (κ2) is 7.21. The maximum absolute atomic E-state index is 12.6. The van der Waals surface area contributed by atoms with Crippen LogP contribution in [-0.2, 0) is 6.54 Å². The number of nitrogens with zero attached hydrogens (tertiary/aromatic N) is 3. The summed E-state index contributed by atoms with van der Waals surface area (Å²) in [6, 6.07) is 16.1. The van der Waals surface area contributed by atoms with E-state index in [1.165, 1.54) is 5.56 Å². The van der Waals surface area contributed by atoms with Gasteiger partial charge in [-0.15, -0.1) is 11.3 Å². The zero-order chi connectivity index (χ0) is 17.1. The third-order valence-electron chi connectivity index (χ3n) is 4.40. The van der Waals surface area contributed by atoms with Gasteiger partial charge in [-0.05, 0) is 17.0 Å². The van der Waals surface area contributed by atoms with E-state index in [1.54, 1.807) is 17.4 Å². The molecule has 0 bridgehead atoms. The van der Waals surface area contributed by atoms with E-state index in [0.717, 1.165) is 24.5 Å². The van der Waals surface area contributed by atoms with E-state index in [4.69, 9.17) is 4.52 Å². The van der Waals surface area contributed by atoms with Crippen molar-refractivity contribution >= 4 is 17.2 Å². The van der Waals surface area contributed by atoms with Crippen molar-refractivity contribution in [1.29, 1.82) is 0 Å². The van der Waals surface area contributed by atoms with Crippen LogP contribution in [0.4, 0.5) is 0 Å². The predicted molar refractivity (Wildman–Crippen MR) is 97.4 cm³/mol. The highest BCUT2D eigenvalue weighted by atomic mass is 32.1. The van der Waals surface area contributed by atoms with Crippen molar-refractivity contribution in [1.82, 2.24) is 15.0 Å². The van der Waals surface area contributed by atoms with Gasteiger partial charge < -0.3 is 9.42 Å². The highest BCUT2D eigenvalue weighted by Gasteiger charge is 2.24. The Morgan fingerprint density at radius 3 is 2.60 bits per heavy atom. The molecule has 0 unspecified atom stereocenters. The molecule has 5 nitrogen and oxygen atoms in total. The first kappa shape index (κ1) is 16.1. The van der Waals surface area contributed by atoms with Crippen molar-refractivity contribution in [3.8, 4) is 10.6 Å². The second-order valence-electron chi connectivity index (χ2n) is 6.11. The summed E-state index contributed by atoms with van der Waals surface area (Å²) in [5.41, 5.74) is 1.69. The highest BCUT2D eigenvalue weighted by molar-refractivity contribution is 7.13. The average Bonchev–Trinajstić information content (AvgIpc) is 3.34. The molecule has 0 spiro atoms. The SMILES string of the molecule is O=C(c1cc(-c2cccs2)on1)N1CCN(Cc2ccccc2)CC1. The Bertz CT molecular complexity index is 821. The maximum atomic E-state index is 12.6. The summed E-state index contributed by atoms with van der Waals surface area (Å²) in [6.07, 6.45) is 0. The van der Waals surface area contributed by atoms with Gasteiger partial charge in [0.1, 0.15) is 0 Å². The molecule has 2 aromatic heterocycles. The van der Waals surface area contributed by atoms with E-state index >= 15 is 0 Å². The monoisotopic (exact) mass is 353 g/mol. The van der Waals surface area contributed by atoms with Crippen molar-refractivity contribution in [2.24, 2.45) is 0 Å². The predicted octanol–water partition coefficient (Wildman–Crippen LogP) is 3.36. The number of hydrogen-bond acceptors (Lipinski definition) is 5. The molecule has 128 valence electrons. The van der Waals surface area contributed by atoms with Crippen LogP contribution >= 0.6 is 11.3 Å². The Morgan fingerprint density at radius 2 is 1.88 bits per heavy atom. The first-order valence-corrected chi connectivity index (χ1v) is 9.24. The van der Waals surface area contributed by atoms with E-state index in [0.29, 0.717) is 24.5 Å². The smallest absolute Gasteiger partial charge is 0.276 e. The fourth-order valence-corrected chi connectivity index (χ4v) is 3.70. The Kier molecular flexibility index (Phi) is 4.63. The van der Waals surface area contributed by atoms with Crippen molar-refractivity contribution in [3.63, 3.8) is 0 Å². The number of amides is 1. The summed E-state index contributed by atoms with van der Waals surface area (Å²) in [7, 11) is 0. The molecule has 1 aliphatic rings. The van der Waals surface area contributed by atoms with E-state index in [9.17, 15) is 4.79 Å². The molecule has 1 saturated heterocycles. The zero-order valence-electron chi connectivity index (χ0n) is 13.8. The molecule has 25 heavy (non-hydrogen) atoms. The van der Waals surface area contributed by atoms with Gasteiger partial charge >= 0.3 is 0 Å². The summed E-state index contributed by atoms with van der Waals surface area (Å²) in [6.45, 7) is 4.10. The average molecular weight is 353 g/mol. The number of piperazine rings is 1. The molecule has 4 rings (SSSR count). The fraction of sp³-hybridized carbons (Fsp3) is 0.263. The van der Waals surface area contributed by atoms with Crippen LogP contribution in [0.5, 0.6) is 0 Å². The minimum absolute atomic E-state index is 0.0501. The minimum atomic E-state index is -0.0501. The van der Waals surface area contributed by atoms with Crippen molar-refractivity contribution in [2.75, 3.05) is 26.2 Å². The normalized spacial score (nSPS) is 15.4. The van der Waals surface area contributed by atoms with Gasteiger partial charge in [0.05, 0.1) is 4.88 Å². The van der Waals surface area contributed by atoms with Gasteiger partial charge in [0.25, 0.3) is 5.91 Å². The Labute approximate surface area is 150 Å². The third kappa shape index (κ3) is 3.65. The number of aromatic nitrogens is 1. The molecule has 0 N–H and O–H groups in total. The second-order valence-corrected chi connectivity index (χ2v) is 7.06. The van der Waals surface area contributed by atoms with Gasteiger partial charge in [0.2, 0.25) is 0 Å². The van der Waals surface area contributed by atoms with E-state index < -0.39 is 0 Å². The quantitative estimate of drug-likeness (QED) is 0.722. The van der Waals surface area contributed by atoms with Crippen LogP contribution in [0, 0.1) is 0 Å². The lowest BCUT2D eigenvalue weighted by Crippen LogP contribution is -2.48. The molecule has 0 aliphatic carbocycles. The highest BCUT2D eigenvalue weighted by Crippen LogP contribution is 2.25. The van der Waals surface area contributed by atoms with E-state index in [-0.39, 0.29) is 5.91 Å². The topological polar surface area (TPSA) is 49.6 Å². The van der Waals surface area contributed by atoms with E-state index in [1.807, 2.05) is 28.5 Å². The van der Waals surface area contributed by atoms with Gasteiger partial charge in [-0.25, -0.2) is 0 Å². The zero-order valence-corrected chi connectivity index (χ0v) is 14.6. The van der Waals surface area contributed by atoms with Crippen LogP contribution in [0.15, 0.2) is 58.4 Å². The Hall–Kier alpha value is -2.44. The molecule has 0 atom stereocenters. The lowest BCUT2D eigenvalue weighted by Gasteiger charge is -2.34. The van der Waals surface area contributed by atoms with Crippen LogP contribution in [0.2, 0.25) is 0 Å². The third-order valence-corrected chi connectivity index (χ3v) is 5.29. The van der Waals surface area contributed by atoms with Gasteiger partial charge in [0, 0.05) is 38.8 Å². The molecule has 1 aromatic carbocycles. The number of thiophene rings is 1. The Balaban J connectivity index is 1.35. The summed E-state index contributed by atoms with van der Waals surface area (Å²) in [4.78, 5) is 17.9. The summed E-state index contributed by atoms with van der Waals surface area (Å²) in [5.74, 6) is 0.604. The van der Waals surface area contributed by atoms with Crippen molar-refractivity contribution in [3.05, 3.63) is 65.2 Å². The van der Waals surface area contributed by atoms with Crippen LogP contribution in [0.3, 0.4) is 0 Å². The summed E-state index contributed by atoms with van der Waals surface area (Å²) in [5, 5.41) is 5.94. The van der Waals surface area contributed by atoms with Crippen molar-refractivity contribution < 1.29 is 9.32 Å². The summed E-state index contributed by atoms with van der Waals surface area (Å²) >= 11 is 1.57. The number of carbonyl (C=O) groups is 1.